The first-order chi connectivity index (χ1) is 16.8. The van der Waals surface area contributed by atoms with E-state index in [0.29, 0.717) is 43.2 Å². The van der Waals surface area contributed by atoms with Gasteiger partial charge in [-0.25, -0.2) is 0 Å². The van der Waals surface area contributed by atoms with E-state index in [4.69, 9.17) is 9.47 Å². The van der Waals surface area contributed by atoms with Crippen LogP contribution in [0.25, 0.3) is 5.76 Å². The van der Waals surface area contributed by atoms with Gasteiger partial charge < -0.3 is 24.4 Å². The molecule has 1 saturated heterocycles. The lowest BCUT2D eigenvalue weighted by atomic mass is 9.93. The number of carbonyl (C=O) groups excluding carboxylic acids is 2. The zero-order chi connectivity index (χ0) is 25.5. The number of Topliss-reactive ketones (excluding diaryl/α,β-unsaturated/α-hetero) is 1. The van der Waals surface area contributed by atoms with Crippen LogP contribution in [-0.4, -0.2) is 67.0 Å². The minimum absolute atomic E-state index is 0.0897. The first kappa shape index (κ1) is 26.0. The van der Waals surface area contributed by atoms with Crippen molar-refractivity contribution < 1.29 is 24.2 Å². The Bertz CT molecular complexity index is 1100. The average Bonchev–Trinajstić information content (AvgIpc) is 3.08. The van der Waals surface area contributed by atoms with E-state index in [1.807, 2.05) is 51.0 Å². The van der Waals surface area contributed by atoms with Crippen LogP contribution in [0.4, 0.5) is 0 Å². The molecule has 186 valence electrons. The van der Waals surface area contributed by atoms with E-state index in [2.05, 4.69) is 6.58 Å². The van der Waals surface area contributed by atoms with Crippen LogP contribution < -0.4 is 9.47 Å². The lowest BCUT2D eigenvalue weighted by molar-refractivity contribution is -0.139. The van der Waals surface area contributed by atoms with Gasteiger partial charge >= 0.3 is 0 Å². The minimum atomic E-state index is -0.698. The fourth-order valence-electron chi connectivity index (χ4n) is 4.22. The number of rotatable bonds is 11. The molecule has 1 unspecified atom stereocenters. The largest absolute Gasteiger partial charge is 0.507 e. The maximum absolute atomic E-state index is 13.2. The van der Waals surface area contributed by atoms with Crippen molar-refractivity contribution in [2.75, 3.05) is 40.4 Å². The van der Waals surface area contributed by atoms with Gasteiger partial charge in [0.05, 0.1) is 18.2 Å². The van der Waals surface area contributed by atoms with E-state index in [0.717, 1.165) is 17.7 Å². The second-order valence-corrected chi connectivity index (χ2v) is 8.73. The van der Waals surface area contributed by atoms with Crippen LogP contribution in [-0.2, 0) is 9.59 Å². The number of amides is 1. The summed E-state index contributed by atoms with van der Waals surface area (Å²) in [5.74, 6) is -0.141. The van der Waals surface area contributed by atoms with Gasteiger partial charge in [0.2, 0.25) is 0 Å². The quantitative estimate of drug-likeness (QED) is 0.224. The second kappa shape index (κ2) is 11.7. The normalized spacial score (nSPS) is 17.2. The fraction of sp³-hybridized carbons (Fsp3) is 0.357. The summed E-state index contributed by atoms with van der Waals surface area (Å²) in [6.45, 7) is 9.44. The fourth-order valence-corrected chi connectivity index (χ4v) is 4.22. The summed E-state index contributed by atoms with van der Waals surface area (Å²) in [7, 11) is 3.92. The van der Waals surface area contributed by atoms with Gasteiger partial charge in [-0.15, -0.1) is 0 Å². The molecule has 1 fully saturated rings. The summed E-state index contributed by atoms with van der Waals surface area (Å²) in [6, 6.07) is 11.8. The molecule has 2 aromatic carbocycles. The maximum Gasteiger partial charge on any atom is 0.295 e. The minimum Gasteiger partial charge on any atom is -0.507 e. The van der Waals surface area contributed by atoms with Crippen LogP contribution in [0.1, 0.15) is 36.1 Å². The molecule has 1 N–H and O–H groups in total. The molecule has 1 atom stereocenters. The molecule has 0 spiro atoms. The van der Waals surface area contributed by atoms with E-state index in [1.165, 1.54) is 0 Å². The third-order valence-electron chi connectivity index (χ3n) is 5.87. The number of likely N-dealkylation sites (tertiary alicyclic amines) is 1. The van der Waals surface area contributed by atoms with Gasteiger partial charge in [0.25, 0.3) is 11.7 Å². The summed E-state index contributed by atoms with van der Waals surface area (Å²) in [5, 5.41) is 11.3. The standard InChI is InChI=1S/C28H34N2O5/c1-6-17-35-21-11-9-20(10-12-21)25-24(27(32)28(33)30(25)16-8-15-29(4)5)26(31)23-14-13-22(34-7-2)18-19(23)3/h6,9-14,18,25,31H,1,7-8,15-17H2,2-5H3. The van der Waals surface area contributed by atoms with Gasteiger partial charge in [-0.05, 0) is 82.4 Å². The topological polar surface area (TPSA) is 79.3 Å². The summed E-state index contributed by atoms with van der Waals surface area (Å²) in [6.07, 6.45) is 2.35. The predicted molar refractivity (Wildman–Crippen MR) is 137 cm³/mol. The Labute approximate surface area is 207 Å². The number of ketones is 1. The molecule has 1 amide bonds. The maximum atomic E-state index is 13.2. The Morgan fingerprint density at radius 1 is 1.11 bits per heavy atom. The van der Waals surface area contributed by atoms with E-state index in [9.17, 15) is 14.7 Å². The van der Waals surface area contributed by atoms with Crippen molar-refractivity contribution in [2.45, 2.75) is 26.3 Å². The molecule has 0 bridgehead atoms. The molecule has 7 heteroatoms. The number of aliphatic hydroxyl groups is 1. The van der Waals surface area contributed by atoms with E-state index >= 15 is 0 Å². The summed E-state index contributed by atoms with van der Waals surface area (Å²) < 4.78 is 11.1. The average molecular weight is 479 g/mol. The highest BCUT2D eigenvalue weighted by Gasteiger charge is 2.45. The molecular formula is C28H34N2O5. The highest BCUT2D eigenvalue weighted by molar-refractivity contribution is 6.46. The molecule has 1 aliphatic heterocycles. The highest BCUT2D eigenvalue weighted by atomic mass is 16.5. The van der Waals surface area contributed by atoms with Gasteiger partial charge in [0.1, 0.15) is 23.9 Å². The summed E-state index contributed by atoms with van der Waals surface area (Å²) >= 11 is 0. The molecule has 7 nitrogen and oxygen atoms in total. The molecule has 1 aliphatic rings. The van der Waals surface area contributed by atoms with Crippen molar-refractivity contribution in [2.24, 2.45) is 0 Å². The Hall–Kier alpha value is -3.58. The Kier molecular flexibility index (Phi) is 8.71. The first-order valence-electron chi connectivity index (χ1n) is 11.8. The SMILES string of the molecule is C=CCOc1ccc(C2C(=C(O)c3ccc(OCC)cc3C)C(=O)C(=O)N2CCCN(C)C)cc1. The van der Waals surface area contributed by atoms with Crippen LogP contribution >= 0.6 is 0 Å². The van der Waals surface area contributed by atoms with Gasteiger partial charge in [-0.3, -0.25) is 9.59 Å². The van der Waals surface area contributed by atoms with Crippen molar-refractivity contribution in [3.05, 3.63) is 77.4 Å². The Balaban J connectivity index is 2.07. The third kappa shape index (κ3) is 5.92. The van der Waals surface area contributed by atoms with Gasteiger partial charge in [0.15, 0.2) is 0 Å². The first-order valence-corrected chi connectivity index (χ1v) is 11.8. The molecule has 2 aromatic rings. The third-order valence-corrected chi connectivity index (χ3v) is 5.87. The molecule has 0 radical (unpaired) electrons. The van der Waals surface area contributed by atoms with Gasteiger partial charge in [0, 0.05) is 12.1 Å². The van der Waals surface area contributed by atoms with Crippen molar-refractivity contribution in [3.63, 3.8) is 0 Å². The van der Waals surface area contributed by atoms with E-state index in [-0.39, 0.29) is 11.3 Å². The summed E-state index contributed by atoms with van der Waals surface area (Å²) in [5.41, 5.74) is 2.06. The number of carbonyl (C=O) groups is 2. The monoisotopic (exact) mass is 478 g/mol. The van der Waals surface area contributed by atoms with Crippen molar-refractivity contribution in [1.29, 1.82) is 0 Å². The van der Waals surface area contributed by atoms with Crippen molar-refractivity contribution in [3.8, 4) is 11.5 Å². The van der Waals surface area contributed by atoms with Gasteiger partial charge in [-0.1, -0.05) is 24.8 Å². The Morgan fingerprint density at radius 3 is 2.40 bits per heavy atom. The van der Waals surface area contributed by atoms with Crippen LogP contribution in [0.3, 0.4) is 0 Å². The molecule has 0 aromatic heterocycles. The van der Waals surface area contributed by atoms with E-state index < -0.39 is 17.7 Å². The predicted octanol–water partition coefficient (Wildman–Crippen LogP) is 4.33. The highest BCUT2D eigenvalue weighted by Crippen LogP contribution is 2.40. The number of benzene rings is 2. The number of aryl methyl sites for hydroxylation is 1. The van der Waals surface area contributed by atoms with Crippen molar-refractivity contribution in [1.82, 2.24) is 9.80 Å². The lowest BCUT2D eigenvalue weighted by Crippen LogP contribution is -2.32. The van der Waals surface area contributed by atoms with Crippen LogP contribution in [0, 0.1) is 6.92 Å². The van der Waals surface area contributed by atoms with E-state index in [1.54, 1.807) is 35.2 Å². The second-order valence-electron chi connectivity index (χ2n) is 8.73. The number of hydrogen-bond acceptors (Lipinski definition) is 6. The number of ether oxygens (including phenoxy) is 2. The lowest BCUT2D eigenvalue weighted by Gasteiger charge is -2.26. The molecular weight excluding hydrogens is 444 g/mol. The molecule has 0 aliphatic carbocycles. The summed E-state index contributed by atoms with van der Waals surface area (Å²) in [4.78, 5) is 29.9. The zero-order valence-electron chi connectivity index (χ0n) is 20.9. The molecule has 0 saturated carbocycles. The van der Waals surface area contributed by atoms with Crippen LogP contribution in [0.5, 0.6) is 11.5 Å². The smallest absolute Gasteiger partial charge is 0.295 e. The number of nitrogens with zero attached hydrogens (tertiary/aromatic N) is 2. The van der Waals surface area contributed by atoms with Crippen LogP contribution in [0.15, 0.2) is 60.7 Å². The molecule has 1 heterocycles. The van der Waals surface area contributed by atoms with Crippen LogP contribution in [0.2, 0.25) is 0 Å². The Morgan fingerprint density at radius 2 is 1.80 bits per heavy atom. The molecule has 35 heavy (non-hydrogen) atoms. The number of hydrogen-bond donors (Lipinski definition) is 1. The van der Waals surface area contributed by atoms with Crippen molar-refractivity contribution >= 4 is 17.4 Å². The number of aliphatic hydroxyl groups excluding tert-OH is 1. The zero-order valence-corrected chi connectivity index (χ0v) is 20.9. The molecule has 3 rings (SSSR count). The van der Waals surface area contributed by atoms with Gasteiger partial charge in [-0.2, -0.15) is 0 Å².